The highest BCUT2D eigenvalue weighted by Crippen LogP contribution is 2.27. The van der Waals surface area contributed by atoms with Crippen LogP contribution < -0.4 is 10.4 Å². The number of nitrogens with zero attached hydrogens (tertiary/aromatic N) is 4. The number of carbonyl (C=O) groups is 1. The van der Waals surface area contributed by atoms with Crippen LogP contribution >= 0.6 is 0 Å². The van der Waals surface area contributed by atoms with E-state index in [9.17, 15) is 4.79 Å². The molecule has 2 aromatic heterocycles. The average molecular weight is 408 g/mol. The first-order valence-corrected chi connectivity index (χ1v) is 10.6. The van der Waals surface area contributed by atoms with E-state index in [4.69, 9.17) is 5.21 Å². The summed E-state index contributed by atoms with van der Waals surface area (Å²) in [6.45, 7) is 4.02. The van der Waals surface area contributed by atoms with Crippen molar-refractivity contribution >= 4 is 22.8 Å². The molecule has 1 saturated heterocycles. The lowest BCUT2D eigenvalue weighted by Gasteiger charge is -2.32. The molecule has 1 fully saturated rings. The number of hydroxylamine groups is 1. The van der Waals surface area contributed by atoms with Gasteiger partial charge in [0.1, 0.15) is 0 Å². The van der Waals surface area contributed by atoms with Gasteiger partial charge in [-0.25, -0.2) is 15.4 Å². The third kappa shape index (κ3) is 4.31. The van der Waals surface area contributed by atoms with Crippen molar-refractivity contribution in [3.63, 3.8) is 0 Å². The average Bonchev–Trinajstić information content (AvgIpc) is 3.08. The molecule has 0 unspecified atom stereocenters. The molecule has 1 aromatic carbocycles. The smallest absolute Gasteiger partial charge is 0.277 e. The fourth-order valence-corrected chi connectivity index (χ4v) is 4.46. The first kappa shape index (κ1) is 20.3. The van der Waals surface area contributed by atoms with Crippen molar-refractivity contribution in [2.75, 3.05) is 18.0 Å². The molecule has 0 radical (unpaired) electrons. The van der Waals surface area contributed by atoms with Crippen LogP contribution in [0.15, 0.2) is 36.8 Å². The van der Waals surface area contributed by atoms with Crippen molar-refractivity contribution in [3.8, 4) is 0 Å². The number of benzene rings is 1. The second-order valence-corrected chi connectivity index (χ2v) is 8.32. The number of piperidine rings is 1. The highest BCUT2D eigenvalue weighted by atomic mass is 16.5. The van der Waals surface area contributed by atoms with Crippen LogP contribution in [0.4, 0.5) is 5.95 Å². The molecule has 0 spiro atoms. The van der Waals surface area contributed by atoms with Gasteiger partial charge in [0.05, 0.1) is 5.56 Å². The van der Waals surface area contributed by atoms with E-state index in [2.05, 4.69) is 57.8 Å². The first-order valence-electron chi connectivity index (χ1n) is 10.6. The second-order valence-electron chi connectivity index (χ2n) is 8.32. The monoisotopic (exact) mass is 407 g/mol. The van der Waals surface area contributed by atoms with E-state index in [0.29, 0.717) is 5.95 Å². The van der Waals surface area contributed by atoms with Gasteiger partial charge in [-0.05, 0) is 62.6 Å². The molecule has 2 N–H and O–H groups in total. The summed E-state index contributed by atoms with van der Waals surface area (Å²) in [4.78, 5) is 22.1. The summed E-state index contributed by atoms with van der Waals surface area (Å²) in [7, 11) is 2.13. The third-order valence-corrected chi connectivity index (χ3v) is 6.19. The normalized spacial score (nSPS) is 15.0. The van der Waals surface area contributed by atoms with Gasteiger partial charge in [0.25, 0.3) is 5.91 Å². The Labute approximate surface area is 176 Å². The molecule has 1 aliphatic rings. The molecule has 1 aliphatic heterocycles. The van der Waals surface area contributed by atoms with Crippen LogP contribution in [0.25, 0.3) is 10.9 Å². The van der Waals surface area contributed by atoms with E-state index in [1.54, 1.807) is 5.48 Å². The number of amides is 1. The Morgan fingerprint density at radius 3 is 2.67 bits per heavy atom. The fourth-order valence-electron chi connectivity index (χ4n) is 4.46. The summed E-state index contributed by atoms with van der Waals surface area (Å²) < 4.78 is 2.23. The number of rotatable bonds is 6. The minimum absolute atomic E-state index is 0.250. The van der Waals surface area contributed by atoms with E-state index in [-0.39, 0.29) is 5.56 Å². The van der Waals surface area contributed by atoms with Gasteiger partial charge >= 0.3 is 0 Å². The van der Waals surface area contributed by atoms with Crippen LogP contribution in [0.1, 0.15) is 47.2 Å². The second kappa shape index (κ2) is 8.83. The number of nitrogens with one attached hydrogen (secondary N) is 1. The van der Waals surface area contributed by atoms with E-state index in [1.807, 2.05) is 0 Å². The molecule has 0 saturated carbocycles. The molecule has 7 nitrogen and oxygen atoms in total. The maximum atomic E-state index is 11.4. The predicted octanol–water partition coefficient (Wildman–Crippen LogP) is 3.64. The molecule has 3 heterocycles. The highest BCUT2D eigenvalue weighted by molar-refractivity contribution is 5.92. The molecular formula is C23H29N5O2. The van der Waals surface area contributed by atoms with Crippen molar-refractivity contribution in [2.24, 2.45) is 13.0 Å². The Balaban J connectivity index is 1.27. The number of hydrogen-bond acceptors (Lipinski definition) is 5. The van der Waals surface area contributed by atoms with Crippen LogP contribution in [0, 0.1) is 12.8 Å². The van der Waals surface area contributed by atoms with Crippen LogP contribution in [-0.4, -0.2) is 38.7 Å². The zero-order valence-electron chi connectivity index (χ0n) is 17.6. The molecule has 1 amide bonds. The number of carbonyl (C=O) groups excluding carboxylic acids is 1. The number of hydrogen-bond donors (Lipinski definition) is 2. The molecule has 30 heavy (non-hydrogen) atoms. The maximum absolute atomic E-state index is 11.4. The Bertz CT molecular complexity index is 1020. The molecule has 0 atom stereocenters. The van der Waals surface area contributed by atoms with Gasteiger partial charge in [0.2, 0.25) is 5.95 Å². The fraction of sp³-hybridized carbons (Fsp3) is 0.435. The topological polar surface area (TPSA) is 83.3 Å². The SMILES string of the molecule is Cc1ccc2c(c1)c(CCCC1CCN(c3ncc(C(=O)NO)cn3)CC1)cn2C. The number of aryl methyl sites for hydroxylation is 3. The maximum Gasteiger partial charge on any atom is 0.277 e. The van der Waals surface area contributed by atoms with Crippen LogP contribution in [-0.2, 0) is 13.5 Å². The van der Waals surface area contributed by atoms with Crippen molar-refractivity contribution in [2.45, 2.75) is 39.0 Å². The van der Waals surface area contributed by atoms with Crippen molar-refractivity contribution < 1.29 is 10.0 Å². The largest absolute Gasteiger partial charge is 0.350 e. The third-order valence-electron chi connectivity index (χ3n) is 6.19. The Morgan fingerprint density at radius 1 is 1.23 bits per heavy atom. The Morgan fingerprint density at radius 2 is 1.97 bits per heavy atom. The summed E-state index contributed by atoms with van der Waals surface area (Å²) in [5, 5.41) is 10.1. The summed E-state index contributed by atoms with van der Waals surface area (Å²) in [6.07, 6.45) is 11.0. The summed E-state index contributed by atoms with van der Waals surface area (Å²) in [5.74, 6) is 0.785. The molecular weight excluding hydrogens is 378 g/mol. The van der Waals surface area contributed by atoms with Gasteiger partial charge in [-0.1, -0.05) is 11.6 Å². The van der Waals surface area contributed by atoms with Crippen LogP contribution in [0.3, 0.4) is 0 Å². The molecule has 3 aromatic rings. The van der Waals surface area contributed by atoms with Crippen molar-refractivity contribution in [3.05, 3.63) is 53.5 Å². The van der Waals surface area contributed by atoms with E-state index < -0.39 is 5.91 Å². The van der Waals surface area contributed by atoms with Gasteiger partial charge in [0.15, 0.2) is 0 Å². The molecule has 4 rings (SSSR count). The minimum atomic E-state index is -0.596. The van der Waals surface area contributed by atoms with E-state index >= 15 is 0 Å². The quantitative estimate of drug-likeness (QED) is 0.482. The molecule has 0 bridgehead atoms. The molecule has 158 valence electrons. The van der Waals surface area contributed by atoms with E-state index in [1.165, 1.54) is 47.3 Å². The zero-order valence-corrected chi connectivity index (χ0v) is 17.6. The van der Waals surface area contributed by atoms with Crippen molar-refractivity contribution in [1.29, 1.82) is 0 Å². The standard InChI is InChI=1S/C23H29N5O2/c1-16-6-7-21-20(12-16)18(15-27(21)2)5-3-4-17-8-10-28(11-9-17)23-24-13-19(14-25-23)22(29)26-30/h6-7,12-15,17,30H,3-5,8-11H2,1-2H3,(H,26,29). The van der Waals surface area contributed by atoms with Gasteiger partial charge in [-0.15, -0.1) is 0 Å². The highest BCUT2D eigenvalue weighted by Gasteiger charge is 2.21. The lowest BCUT2D eigenvalue weighted by Crippen LogP contribution is -2.35. The number of aromatic nitrogens is 3. The van der Waals surface area contributed by atoms with Gasteiger partial charge in [-0.3, -0.25) is 10.0 Å². The Kier molecular flexibility index (Phi) is 5.99. The number of anilines is 1. The summed E-state index contributed by atoms with van der Waals surface area (Å²) >= 11 is 0. The van der Waals surface area contributed by atoms with Gasteiger partial charge in [-0.2, -0.15) is 0 Å². The summed E-state index contributed by atoms with van der Waals surface area (Å²) in [5.41, 5.74) is 5.93. The zero-order chi connectivity index (χ0) is 21.1. The molecule has 0 aliphatic carbocycles. The predicted molar refractivity (Wildman–Crippen MR) is 117 cm³/mol. The van der Waals surface area contributed by atoms with Crippen LogP contribution in [0.2, 0.25) is 0 Å². The van der Waals surface area contributed by atoms with Gasteiger partial charge in [0, 0.05) is 49.6 Å². The van der Waals surface area contributed by atoms with Crippen molar-refractivity contribution in [1.82, 2.24) is 20.0 Å². The van der Waals surface area contributed by atoms with Crippen LogP contribution in [0.5, 0.6) is 0 Å². The lowest BCUT2D eigenvalue weighted by atomic mass is 9.91. The minimum Gasteiger partial charge on any atom is -0.350 e. The lowest BCUT2D eigenvalue weighted by molar-refractivity contribution is 0.0705. The number of fused-ring (bicyclic) bond motifs is 1. The van der Waals surface area contributed by atoms with Gasteiger partial charge < -0.3 is 9.47 Å². The Hall–Kier alpha value is -2.93. The molecule has 7 heteroatoms. The first-order chi connectivity index (χ1) is 14.5. The van der Waals surface area contributed by atoms with E-state index in [0.717, 1.165) is 38.3 Å². The summed E-state index contributed by atoms with van der Waals surface area (Å²) in [6, 6.07) is 6.70.